The monoisotopic (exact) mass is 283 g/mol. The van der Waals surface area contributed by atoms with Crippen molar-refractivity contribution in [3.8, 4) is 0 Å². The van der Waals surface area contributed by atoms with E-state index in [1.165, 1.54) is 10.8 Å². The van der Waals surface area contributed by atoms with Crippen LogP contribution in [0.4, 0.5) is 0 Å². The van der Waals surface area contributed by atoms with Gasteiger partial charge in [-0.05, 0) is 24.4 Å². The van der Waals surface area contributed by atoms with E-state index in [1.807, 2.05) is 18.2 Å². The number of benzene rings is 3. The van der Waals surface area contributed by atoms with E-state index < -0.39 is 0 Å². The predicted octanol–water partition coefficient (Wildman–Crippen LogP) is 5.60. The molecule has 0 saturated heterocycles. The highest BCUT2D eigenvalue weighted by Crippen LogP contribution is 2.36. The fraction of sp³-hybridized carbons (Fsp3) is 0.0500. The lowest BCUT2D eigenvalue weighted by atomic mass is 10.0. The second kappa shape index (κ2) is 4.08. The summed E-state index contributed by atoms with van der Waals surface area (Å²) in [6.45, 7) is 2.06. The van der Waals surface area contributed by atoms with Crippen molar-refractivity contribution in [3.05, 3.63) is 66.4 Å². The normalized spacial score (nSPS) is 11.9. The molecule has 22 heavy (non-hydrogen) atoms. The Kier molecular flexibility index (Phi) is 2.18. The number of para-hydroxylation sites is 1. The van der Waals surface area contributed by atoms with E-state index in [0.717, 1.165) is 38.5 Å². The van der Waals surface area contributed by atoms with Crippen molar-refractivity contribution in [2.75, 3.05) is 0 Å². The van der Waals surface area contributed by atoms with Gasteiger partial charge in [-0.2, -0.15) is 0 Å². The van der Waals surface area contributed by atoms with Gasteiger partial charge in [0.15, 0.2) is 0 Å². The highest BCUT2D eigenvalue weighted by molar-refractivity contribution is 6.19. The number of furan rings is 1. The Morgan fingerprint density at radius 2 is 1.55 bits per heavy atom. The van der Waals surface area contributed by atoms with E-state index in [9.17, 15) is 0 Å². The van der Waals surface area contributed by atoms with E-state index in [4.69, 9.17) is 9.40 Å². The number of aromatic nitrogens is 1. The SMILES string of the molecule is Cc1nc2c3ccccc3ccc2c2oc3ccccc3c12. The average molecular weight is 283 g/mol. The molecule has 0 aliphatic carbocycles. The van der Waals surface area contributed by atoms with Crippen molar-refractivity contribution < 1.29 is 4.42 Å². The van der Waals surface area contributed by atoms with Crippen LogP contribution in [0.15, 0.2) is 65.1 Å². The third-order valence-electron chi connectivity index (χ3n) is 4.38. The lowest BCUT2D eigenvalue weighted by Gasteiger charge is -2.05. The van der Waals surface area contributed by atoms with E-state index in [0.29, 0.717) is 0 Å². The summed E-state index contributed by atoms with van der Waals surface area (Å²) in [5.41, 5.74) is 3.89. The molecular weight excluding hydrogens is 270 g/mol. The minimum absolute atomic E-state index is 0.919. The third-order valence-corrected chi connectivity index (χ3v) is 4.38. The molecule has 0 spiro atoms. The van der Waals surface area contributed by atoms with Gasteiger partial charge >= 0.3 is 0 Å². The molecule has 0 N–H and O–H groups in total. The van der Waals surface area contributed by atoms with E-state index in [1.54, 1.807) is 0 Å². The molecular formula is C20H13NO. The molecule has 2 heteroatoms. The summed E-state index contributed by atoms with van der Waals surface area (Å²) in [4.78, 5) is 4.89. The quantitative estimate of drug-likeness (QED) is 0.346. The van der Waals surface area contributed by atoms with Crippen molar-refractivity contribution in [2.24, 2.45) is 0 Å². The zero-order valence-corrected chi connectivity index (χ0v) is 12.1. The Morgan fingerprint density at radius 3 is 2.45 bits per heavy atom. The number of rotatable bonds is 0. The Hall–Kier alpha value is -2.87. The molecule has 0 aliphatic rings. The second-order valence-electron chi connectivity index (χ2n) is 5.68. The first-order valence-corrected chi connectivity index (χ1v) is 7.42. The Morgan fingerprint density at radius 1 is 0.773 bits per heavy atom. The Balaban J connectivity index is 2.11. The second-order valence-corrected chi connectivity index (χ2v) is 5.68. The highest BCUT2D eigenvalue weighted by atomic mass is 16.3. The number of fused-ring (bicyclic) bond motifs is 7. The van der Waals surface area contributed by atoms with Crippen LogP contribution < -0.4 is 0 Å². The number of pyridine rings is 1. The molecule has 0 unspecified atom stereocenters. The highest BCUT2D eigenvalue weighted by Gasteiger charge is 2.15. The van der Waals surface area contributed by atoms with Gasteiger partial charge in [0.2, 0.25) is 0 Å². The summed E-state index contributed by atoms with van der Waals surface area (Å²) < 4.78 is 6.16. The van der Waals surface area contributed by atoms with Crippen molar-refractivity contribution in [3.63, 3.8) is 0 Å². The molecule has 0 bridgehead atoms. The van der Waals surface area contributed by atoms with Crippen LogP contribution in [0.5, 0.6) is 0 Å². The van der Waals surface area contributed by atoms with Crippen LogP contribution in [0.3, 0.4) is 0 Å². The van der Waals surface area contributed by atoms with Gasteiger partial charge in [-0.25, -0.2) is 0 Å². The van der Waals surface area contributed by atoms with Crippen LogP contribution in [0, 0.1) is 6.92 Å². The molecule has 2 heterocycles. The molecule has 2 nitrogen and oxygen atoms in total. The maximum Gasteiger partial charge on any atom is 0.146 e. The van der Waals surface area contributed by atoms with Crippen LogP contribution in [0.2, 0.25) is 0 Å². The first-order valence-electron chi connectivity index (χ1n) is 7.42. The van der Waals surface area contributed by atoms with Crippen molar-refractivity contribution >= 4 is 43.6 Å². The minimum atomic E-state index is 0.919. The number of nitrogens with zero attached hydrogens (tertiary/aromatic N) is 1. The molecule has 2 aromatic heterocycles. The maximum atomic E-state index is 6.16. The van der Waals surface area contributed by atoms with E-state index in [2.05, 4.69) is 49.4 Å². The Labute approximate surface area is 127 Å². The first-order chi connectivity index (χ1) is 10.8. The molecule has 0 saturated carbocycles. The first kappa shape index (κ1) is 11.8. The molecule has 0 radical (unpaired) electrons. The van der Waals surface area contributed by atoms with Crippen LogP contribution in [0.1, 0.15) is 5.69 Å². The Bertz CT molecular complexity index is 1180. The molecule has 0 aliphatic heterocycles. The van der Waals surface area contributed by atoms with Gasteiger partial charge in [-0.3, -0.25) is 4.98 Å². The maximum absolute atomic E-state index is 6.16. The fourth-order valence-electron chi connectivity index (χ4n) is 3.38. The summed E-state index contributed by atoms with van der Waals surface area (Å²) in [5, 5.41) is 5.72. The summed E-state index contributed by atoms with van der Waals surface area (Å²) in [6.07, 6.45) is 0. The zero-order chi connectivity index (χ0) is 14.7. The smallest absolute Gasteiger partial charge is 0.146 e. The molecule has 3 aromatic carbocycles. The van der Waals surface area contributed by atoms with Gasteiger partial charge in [0, 0.05) is 21.9 Å². The van der Waals surface area contributed by atoms with Gasteiger partial charge < -0.3 is 4.42 Å². The van der Waals surface area contributed by atoms with Gasteiger partial charge in [-0.15, -0.1) is 0 Å². The minimum Gasteiger partial charge on any atom is -0.455 e. The molecule has 5 aromatic rings. The molecule has 0 fully saturated rings. The fourth-order valence-corrected chi connectivity index (χ4v) is 3.38. The summed E-state index contributed by atoms with van der Waals surface area (Å²) in [7, 11) is 0. The third kappa shape index (κ3) is 1.41. The standard InChI is InChI=1S/C20H13NO/c1-12-18-15-8-4-5-9-17(15)22-20(18)16-11-10-13-6-2-3-7-14(13)19(16)21-12/h2-11H,1H3. The van der Waals surface area contributed by atoms with Crippen molar-refractivity contribution in [1.82, 2.24) is 4.98 Å². The lowest BCUT2D eigenvalue weighted by molar-refractivity contribution is 0.672. The summed E-state index contributed by atoms with van der Waals surface area (Å²) in [5.74, 6) is 0. The number of hydrogen-bond acceptors (Lipinski definition) is 2. The average Bonchev–Trinajstić information content (AvgIpc) is 2.95. The van der Waals surface area contributed by atoms with Crippen LogP contribution in [-0.2, 0) is 0 Å². The van der Waals surface area contributed by atoms with Crippen LogP contribution in [0.25, 0.3) is 43.6 Å². The topological polar surface area (TPSA) is 26.0 Å². The number of hydrogen-bond donors (Lipinski definition) is 0. The molecule has 0 atom stereocenters. The predicted molar refractivity (Wildman–Crippen MR) is 91.3 cm³/mol. The van der Waals surface area contributed by atoms with Gasteiger partial charge in [0.05, 0.1) is 10.9 Å². The zero-order valence-electron chi connectivity index (χ0n) is 12.1. The molecule has 104 valence electrons. The molecule has 0 amide bonds. The number of aryl methyl sites for hydroxylation is 1. The van der Waals surface area contributed by atoms with Gasteiger partial charge in [0.25, 0.3) is 0 Å². The molecule has 5 rings (SSSR count). The van der Waals surface area contributed by atoms with Crippen molar-refractivity contribution in [2.45, 2.75) is 6.92 Å². The van der Waals surface area contributed by atoms with Crippen LogP contribution >= 0.6 is 0 Å². The van der Waals surface area contributed by atoms with E-state index >= 15 is 0 Å². The summed E-state index contributed by atoms with van der Waals surface area (Å²) in [6, 6.07) is 20.8. The summed E-state index contributed by atoms with van der Waals surface area (Å²) >= 11 is 0. The van der Waals surface area contributed by atoms with E-state index in [-0.39, 0.29) is 0 Å². The van der Waals surface area contributed by atoms with Crippen LogP contribution in [-0.4, -0.2) is 4.98 Å². The van der Waals surface area contributed by atoms with Gasteiger partial charge in [-0.1, -0.05) is 48.5 Å². The largest absolute Gasteiger partial charge is 0.455 e. The van der Waals surface area contributed by atoms with Crippen molar-refractivity contribution in [1.29, 1.82) is 0 Å². The lowest BCUT2D eigenvalue weighted by Crippen LogP contribution is -1.87. The van der Waals surface area contributed by atoms with Gasteiger partial charge in [0.1, 0.15) is 11.2 Å².